The zero-order valence-electron chi connectivity index (χ0n) is 15.1. The Morgan fingerprint density at radius 3 is 2.52 bits per heavy atom. The molecule has 2 aromatic rings. The predicted octanol–water partition coefficient (Wildman–Crippen LogP) is 4.53. The predicted molar refractivity (Wildman–Crippen MR) is 94.7 cm³/mol. The average Bonchev–Trinajstić information content (AvgIpc) is 2.51. The lowest BCUT2D eigenvalue weighted by molar-refractivity contribution is 0.140. The molecule has 25 heavy (non-hydrogen) atoms. The Kier molecular flexibility index (Phi) is 6.06. The van der Waals surface area contributed by atoms with E-state index in [4.69, 9.17) is 10.5 Å². The summed E-state index contributed by atoms with van der Waals surface area (Å²) in [5.74, 6) is 0.112. The highest BCUT2D eigenvalue weighted by atomic mass is 19.3. The van der Waals surface area contributed by atoms with Gasteiger partial charge in [-0.1, -0.05) is 6.92 Å². The summed E-state index contributed by atoms with van der Waals surface area (Å²) in [5, 5.41) is 0. The van der Waals surface area contributed by atoms with Gasteiger partial charge in [-0.3, -0.25) is 4.98 Å². The van der Waals surface area contributed by atoms with Crippen molar-refractivity contribution in [3.63, 3.8) is 0 Å². The molecule has 0 spiro atoms. The standard InChI is InChI=1S/C19H25F2N3O/c1-12(9-19(3,4)22)11-25-18-16(17(20)21)8-15(10-24-18)14-5-6-23-13(2)7-14/h5-8,10,12,17H,9,11,22H2,1-4H3. The van der Waals surface area contributed by atoms with Crippen LogP contribution in [0.1, 0.15) is 44.9 Å². The Bertz CT molecular complexity index is 714. The van der Waals surface area contributed by atoms with Crippen LogP contribution in [0.3, 0.4) is 0 Å². The number of rotatable bonds is 7. The fourth-order valence-corrected chi connectivity index (χ4v) is 2.81. The Balaban J connectivity index is 2.19. The van der Waals surface area contributed by atoms with Gasteiger partial charge in [0.15, 0.2) is 0 Å². The average molecular weight is 349 g/mol. The van der Waals surface area contributed by atoms with E-state index in [1.165, 1.54) is 6.07 Å². The SMILES string of the molecule is Cc1cc(-c2cnc(OCC(C)CC(C)(C)N)c(C(F)F)c2)ccn1. The van der Waals surface area contributed by atoms with Crippen molar-refractivity contribution in [1.29, 1.82) is 0 Å². The van der Waals surface area contributed by atoms with Crippen molar-refractivity contribution < 1.29 is 13.5 Å². The second-order valence-corrected chi connectivity index (χ2v) is 7.21. The normalized spacial score (nSPS) is 13.1. The van der Waals surface area contributed by atoms with Crippen molar-refractivity contribution in [3.8, 4) is 17.0 Å². The molecule has 2 N–H and O–H groups in total. The van der Waals surface area contributed by atoms with E-state index in [2.05, 4.69) is 9.97 Å². The molecule has 136 valence electrons. The van der Waals surface area contributed by atoms with Gasteiger partial charge in [0.05, 0.1) is 12.2 Å². The first-order valence-corrected chi connectivity index (χ1v) is 8.28. The van der Waals surface area contributed by atoms with Crippen LogP contribution in [0.2, 0.25) is 0 Å². The summed E-state index contributed by atoms with van der Waals surface area (Å²) < 4.78 is 32.5. The van der Waals surface area contributed by atoms with Crippen molar-refractivity contribution in [2.75, 3.05) is 6.61 Å². The molecule has 2 aromatic heterocycles. The molecule has 2 heterocycles. The van der Waals surface area contributed by atoms with Crippen LogP contribution in [0.25, 0.3) is 11.1 Å². The third-order valence-corrected chi connectivity index (χ3v) is 3.72. The maximum atomic E-state index is 13.4. The molecule has 2 rings (SSSR count). The Morgan fingerprint density at radius 2 is 1.92 bits per heavy atom. The summed E-state index contributed by atoms with van der Waals surface area (Å²) in [5.41, 5.74) is 7.68. The number of alkyl halides is 2. The molecule has 4 nitrogen and oxygen atoms in total. The third-order valence-electron chi connectivity index (χ3n) is 3.72. The smallest absolute Gasteiger partial charge is 0.269 e. The third kappa shape index (κ3) is 5.74. The van der Waals surface area contributed by atoms with Gasteiger partial charge < -0.3 is 10.5 Å². The van der Waals surface area contributed by atoms with E-state index in [1.54, 1.807) is 18.5 Å². The molecule has 0 aliphatic carbocycles. The maximum Gasteiger partial charge on any atom is 0.269 e. The number of aromatic nitrogens is 2. The van der Waals surface area contributed by atoms with Gasteiger partial charge in [0.1, 0.15) is 0 Å². The number of pyridine rings is 2. The number of hydrogen-bond donors (Lipinski definition) is 1. The molecule has 0 aromatic carbocycles. The number of halogens is 2. The monoisotopic (exact) mass is 349 g/mol. The van der Waals surface area contributed by atoms with Crippen molar-refractivity contribution in [1.82, 2.24) is 9.97 Å². The molecule has 0 saturated carbocycles. The van der Waals surface area contributed by atoms with E-state index in [0.29, 0.717) is 12.2 Å². The number of aryl methyl sites for hydroxylation is 1. The molecule has 1 unspecified atom stereocenters. The molecular formula is C19H25F2N3O. The number of hydrogen-bond acceptors (Lipinski definition) is 4. The second-order valence-electron chi connectivity index (χ2n) is 7.21. The highest BCUT2D eigenvalue weighted by molar-refractivity contribution is 5.64. The van der Waals surface area contributed by atoms with E-state index in [-0.39, 0.29) is 22.9 Å². The van der Waals surface area contributed by atoms with E-state index in [1.807, 2.05) is 33.8 Å². The molecule has 0 amide bonds. The Morgan fingerprint density at radius 1 is 1.20 bits per heavy atom. The summed E-state index contributed by atoms with van der Waals surface area (Å²) in [6, 6.07) is 5.03. The van der Waals surface area contributed by atoms with Crippen LogP contribution in [0, 0.1) is 12.8 Å². The molecule has 0 saturated heterocycles. The van der Waals surface area contributed by atoms with Gasteiger partial charge in [0.2, 0.25) is 5.88 Å². The molecular weight excluding hydrogens is 324 g/mol. The lowest BCUT2D eigenvalue weighted by Gasteiger charge is -2.23. The van der Waals surface area contributed by atoms with Crippen LogP contribution in [-0.4, -0.2) is 22.1 Å². The summed E-state index contributed by atoms with van der Waals surface area (Å²) in [6.45, 7) is 7.98. The van der Waals surface area contributed by atoms with Crippen LogP contribution >= 0.6 is 0 Å². The first-order chi connectivity index (χ1) is 11.7. The minimum atomic E-state index is -2.66. The topological polar surface area (TPSA) is 61.0 Å². The maximum absolute atomic E-state index is 13.4. The van der Waals surface area contributed by atoms with Gasteiger partial charge in [0.25, 0.3) is 6.43 Å². The quantitative estimate of drug-likeness (QED) is 0.798. The highest BCUT2D eigenvalue weighted by Crippen LogP contribution is 2.32. The van der Waals surface area contributed by atoms with Crippen LogP contribution in [0.15, 0.2) is 30.6 Å². The number of ether oxygens (including phenoxy) is 1. The van der Waals surface area contributed by atoms with Crippen LogP contribution < -0.4 is 10.5 Å². The Labute approximate surface area is 147 Å². The summed E-state index contributed by atoms with van der Waals surface area (Å²) >= 11 is 0. The van der Waals surface area contributed by atoms with Gasteiger partial charge in [-0.25, -0.2) is 13.8 Å². The van der Waals surface area contributed by atoms with Crippen LogP contribution in [-0.2, 0) is 0 Å². The fraction of sp³-hybridized carbons (Fsp3) is 0.474. The van der Waals surface area contributed by atoms with E-state index in [0.717, 1.165) is 17.7 Å². The van der Waals surface area contributed by atoms with Gasteiger partial charge in [-0.2, -0.15) is 0 Å². The molecule has 0 fully saturated rings. The minimum Gasteiger partial charge on any atom is -0.477 e. The van der Waals surface area contributed by atoms with Gasteiger partial charge in [-0.15, -0.1) is 0 Å². The first-order valence-electron chi connectivity index (χ1n) is 8.28. The van der Waals surface area contributed by atoms with Gasteiger partial charge in [-0.05, 0) is 56.9 Å². The van der Waals surface area contributed by atoms with E-state index in [9.17, 15) is 8.78 Å². The van der Waals surface area contributed by atoms with Crippen molar-refractivity contribution >= 4 is 0 Å². The first kappa shape index (κ1) is 19.2. The van der Waals surface area contributed by atoms with E-state index < -0.39 is 6.43 Å². The molecule has 1 atom stereocenters. The van der Waals surface area contributed by atoms with E-state index >= 15 is 0 Å². The molecule has 6 heteroatoms. The zero-order valence-corrected chi connectivity index (χ0v) is 15.1. The molecule has 0 aliphatic heterocycles. The van der Waals surface area contributed by atoms with Crippen molar-refractivity contribution in [3.05, 3.63) is 41.9 Å². The molecule has 0 radical (unpaired) electrons. The van der Waals surface area contributed by atoms with Gasteiger partial charge in [0, 0.05) is 29.2 Å². The summed E-state index contributed by atoms with van der Waals surface area (Å²) in [4.78, 5) is 8.24. The minimum absolute atomic E-state index is 0.0220. The Hall–Kier alpha value is -2.08. The van der Waals surface area contributed by atoms with Crippen molar-refractivity contribution in [2.24, 2.45) is 11.7 Å². The lowest BCUT2D eigenvalue weighted by atomic mass is 9.93. The largest absolute Gasteiger partial charge is 0.477 e. The van der Waals surface area contributed by atoms with Crippen molar-refractivity contribution in [2.45, 2.75) is 46.1 Å². The highest BCUT2D eigenvalue weighted by Gasteiger charge is 2.20. The zero-order chi connectivity index (χ0) is 18.6. The number of nitrogens with two attached hydrogens (primary N) is 1. The van der Waals surface area contributed by atoms with Crippen LogP contribution in [0.4, 0.5) is 8.78 Å². The van der Waals surface area contributed by atoms with Crippen LogP contribution in [0.5, 0.6) is 5.88 Å². The summed E-state index contributed by atoms with van der Waals surface area (Å²) in [7, 11) is 0. The number of nitrogens with zero attached hydrogens (tertiary/aromatic N) is 2. The lowest BCUT2D eigenvalue weighted by Crippen LogP contribution is -2.35. The molecule has 0 bridgehead atoms. The van der Waals surface area contributed by atoms with Gasteiger partial charge >= 0.3 is 0 Å². The fourth-order valence-electron chi connectivity index (χ4n) is 2.81. The summed E-state index contributed by atoms with van der Waals surface area (Å²) in [6.07, 6.45) is 1.26. The molecule has 0 aliphatic rings. The second kappa shape index (κ2) is 7.87.